The molecule has 0 aliphatic rings. The third-order valence-corrected chi connectivity index (χ3v) is 3.79. The van der Waals surface area contributed by atoms with Gasteiger partial charge >= 0.3 is 0 Å². The first-order chi connectivity index (χ1) is 9.66. The van der Waals surface area contributed by atoms with Crippen molar-refractivity contribution in [2.45, 2.75) is 45.3 Å². The van der Waals surface area contributed by atoms with E-state index in [1.807, 2.05) is 37.3 Å². The van der Waals surface area contributed by atoms with Gasteiger partial charge in [-0.25, -0.2) is 0 Å². The van der Waals surface area contributed by atoms with E-state index >= 15 is 0 Å². The van der Waals surface area contributed by atoms with E-state index in [2.05, 4.69) is 6.58 Å². The van der Waals surface area contributed by atoms with Crippen LogP contribution in [0.1, 0.15) is 39.2 Å². The number of aromatic hydroxyl groups is 1. The Morgan fingerprint density at radius 3 is 2.24 bits per heavy atom. The summed E-state index contributed by atoms with van der Waals surface area (Å²) in [5.74, 6) is 0.243. The Hall–Kier alpha value is -1.58. The first kappa shape index (κ1) is 17.5. The Kier molecular flexibility index (Phi) is 5.76. The molecule has 0 fully saturated rings. The smallest absolute Gasteiger partial charge is 0.115 e. The lowest BCUT2D eigenvalue weighted by molar-refractivity contribution is -0.0539. The summed E-state index contributed by atoms with van der Waals surface area (Å²) < 4.78 is 0. The normalized spacial score (nSPS) is 16.6. The molecule has 0 spiro atoms. The Balaban J connectivity index is 2.71. The van der Waals surface area contributed by atoms with Crippen LogP contribution in [0.15, 0.2) is 43.0 Å². The first-order valence-electron chi connectivity index (χ1n) is 7.18. The first-order valence-corrected chi connectivity index (χ1v) is 7.18. The van der Waals surface area contributed by atoms with Crippen LogP contribution in [0, 0.1) is 5.41 Å². The molecule has 0 heterocycles. The van der Waals surface area contributed by atoms with E-state index in [-0.39, 0.29) is 11.2 Å². The van der Waals surface area contributed by atoms with Gasteiger partial charge in [0.2, 0.25) is 0 Å². The van der Waals surface area contributed by atoms with Gasteiger partial charge < -0.3 is 15.3 Å². The van der Waals surface area contributed by atoms with Crippen LogP contribution in [-0.4, -0.2) is 27.0 Å². The quantitative estimate of drug-likeness (QED) is 0.673. The molecule has 0 saturated carbocycles. The highest BCUT2D eigenvalue weighted by Crippen LogP contribution is 2.30. The summed E-state index contributed by atoms with van der Waals surface area (Å²) in [4.78, 5) is 0. The van der Waals surface area contributed by atoms with Crippen LogP contribution in [0.25, 0.3) is 6.08 Å². The van der Waals surface area contributed by atoms with Crippen molar-refractivity contribution in [1.29, 1.82) is 0 Å². The highest BCUT2D eigenvalue weighted by atomic mass is 16.3. The van der Waals surface area contributed by atoms with Gasteiger partial charge in [0.1, 0.15) is 5.75 Å². The van der Waals surface area contributed by atoms with Gasteiger partial charge in [-0.3, -0.25) is 0 Å². The van der Waals surface area contributed by atoms with E-state index in [1.54, 1.807) is 26.0 Å². The highest BCUT2D eigenvalue weighted by molar-refractivity contribution is 5.51. The van der Waals surface area contributed by atoms with E-state index in [0.29, 0.717) is 12.8 Å². The third kappa shape index (κ3) is 5.74. The second-order valence-electron chi connectivity index (χ2n) is 6.34. The Bertz CT molecular complexity index is 482. The van der Waals surface area contributed by atoms with Gasteiger partial charge in [0.05, 0.1) is 11.7 Å². The lowest BCUT2D eigenvalue weighted by Gasteiger charge is -2.28. The minimum atomic E-state index is -1.09. The van der Waals surface area contributed by atoms with Gasteiger partial charge in [-0.2, -0.15) is 0 Å². The summed E-state index contributed by atoms with van der Waals surface area (Å²) in [7, 11) is 0. The molecule has 0 aliphatic heterocycles. The lowest BCUT2D eigenvalue weighted by Crippen LogP contribution is -2.36. The maximum absolute atomic E-state index is 9.92. The summed E-state index contributed by atoms with van der Waals surface area (Å²) in [6.45, 7) is 9.11. The van der Waals surface area contributed by atoms with Gasteiger partial charge in [-0.1, -0.05) is 37.3 Å². The second-order valence-corrected chi connectivity index (χ2v) is 6.34. The van der Waals surface area contributed by atoms with Crippen LogP contribution in [0.5, 0.6) is 5.75 Å². The molecule has 2 atom stereocenters. The van der Waals surface area contributed by atoms with Crippen LogP contribution < -0.4 is 0 Å². The number of benzene rings is 1. The molecular formula is C18H26O3. The number of hydrogen-bond acceptors (Lipinski definition) is 3. The Labute approximate surface area is 127 Å². The van der Waals surface area contributed by atoms with Crippen LogP contribution in [0.2, 0.25) is 0 Å². The number of allylic oxidation sites excluding steroid dienone is 2. The van der Waals surface area contributed by atoms with Crippen molar-refractivity contribution in [1.82, 2.24) is 0 Å². The molecule has 3 N–H and O–H groups in total. The Morgan fingerprint density at radius 1 is 1.19 bits per heavy atom. The number of rotatable bonds is 7. The highest BCUT2D eigenvalue weighted by Gasteiger charge is 2.27. The zero-order valence-corrected chi connectivity index (χ0v) is 13.1. The number of phenols is 1. The number of aliphatic hydroxyl groups excluding tert-OH is 1. The summed E-state index contributed by atoms with van der Waals surface area (Å²) in [6.07, 6.45) is 6.27. The van der Waals surface area contributed by atoms with Gasteiger partial charge in [0.25, 0.3) is 0 Å². The van der Waals surface area contributed by atoms with Gasteiger partial charge in [0.15, 0.2) is 0 Å². The second kappa shape index (κ2) is 6.92. The molecule has 0 aromatic heterocycles. The van der Waals surface area contributed by atoms with Gasteiger partial charge in [0, 0.05) is 5.41 Å². The molecule has 116 valence electrons. The van der Waals surface area contributed by atoms with E-state index in [0.717, 1.165) is 5.56 Å². The predicted molar refractivity (Wildman–Crippen MR) is 87.0 cm³/mol. The van der Waals surface area contributed by atoms with Crippen molar-refractivity contribution >= 4 is 6.08 Å². The van der Waals surface area contributed by atoms with Gasteiger partial charge in [-0.15, -0.1) is 6.58 Å². The average Bonchev–Trinajstić information content (AvgIpc) is 2.43. The lowest BCUT2D eigenvalue weighted by atomic mass is 9.82. The number of hydrogen-bond donors (Lipinski definition) is 3. The van der Waals surface area contributed by atoms with Crippen molar-refractivity contribution in [2.75, 3.05) is 0 Å². The fourth-order valence-electron chi connectivity index (χ4n) is 1.93. The van der Waals surface area contributed by atoms with Crippen molar-refractivity contribution in [2.24, 2.45) is 5.41 Å². The van der Waals surface area contributed by atoms with Crippen LogP contribution in [-0.2, 0) is 0 Å². The predicted octanol–water partition coefficient (Wildman–Crippen LogP) is 3.51. The summed E-state index contributed by atoms with van der Waals surface area (Å²) in [6, 6.07) is 6.95. The SMILES string of the molecule is C=C[C@@](C)(/C=C/c1ccc(O)cc1)CCC(O)C(C)(C)O. The van der Waals surface area contributed by atoms with E-state index < -0.39 is 11.7 Å². The maximum Gasteiger partial charge on any atom is 0.115 e. The molecule has 0 saturated heterocycles. The number of aliphatic hydroxyl groups is 2. The van der Waals surface area contributed by atoms with Crippen LogP contribution in [0.4, 0.5) is 0 Å². The molecular weight excluding hydrogens is 264 g/mol. The topological polar surface area (TPSA) is 60.7 Å². The molecule has 0 amide bonds. The van der Waals surface area contributed by atoms with Crippen LogP contribution >= 0.6 is 0 Å². The maximum atomic E-state index is 9.92. The van der Waals surface area contributed by atoms with Crippen molar-refractivity contribution in [3.63, 3.8) is 0 Å². The zero-order valence-electron chi connectivity index (χ0n) is 13.1. The fraction of sp³-hybridized carbons (Fsp3) is 0.444. The molecule has 1 rings (SSSR count). The monoisotopic (exact) mass is 290 g/mol. The molecule has 1 unspecified atom stereocenters. The average molecular weight is 290 g/mol. The number of phenolic OH excluding ortho intramolecular Hbond substituents is 1. The summed E-state index contributed by atoms with van der Waals surface area (Å²) in [5, 5.41) is 29.0. The molecule has 1 aromatic rings. The molecule has 0 aliphatic carbocycles. The molecule has 0 bridgehead atoms. The van der Waals surface area contributed by atoms with Crippen molar-refractivity contribution < 1.29 is 15.3 Å². The summed E-state index contributed by atoms with van der Waals surface area (Å²) >= 11 is 0. The molecule has 1 aromatic carbocycles. The Morgan fingerprint density at radius 2 is 1.76 bits per heavy atom. The molecule has 3 nitrogen and oxygen atoms in total. The molecule has 3 heteroatoms. The van der Waals surface area contributed by atoms with Gasteiger partial charge in [-0.05, 0) is 44.4 Å². The third-order valence-electron chi connectivity index (χ3n) is 3.79. The largest absolute Gasteiger partial charge is 0.508 e. The zero-order chi connectivity index (χ0) is 16.1. The standard InChI is InChI=1S/C18H26O3/c1-5-18(4,13-11-16(20)17(2,3)21)12-10-14-6-8-15(19)9-7-14/h5-10,12,16,19-21H,1,11,13H2,2-4H3/b12-10+/t16?,18-/m0/s1. The van der Waals surface area contributed by atoms with Crippen LogP contribution in [0.3, 0.4) is 0 Å². The fourth-order valence-corrected chi connectivity index (χ4v) is 1.93. The van der Waals surface area contributed by atoms with E-state index in [4.69, 9.17) is 0 Å². The molecule has 21 heavy (non-hydrogen) atoms. The minimum Gasteiger partial charge on any atom is -0.508 e. The van der Waals surface area contributed by atoms with Crippen molar-refractivity contribution in [3.05, 3.63) is 48.6 Å². The summed E-state index contributed by atoms with van der Waals surface area (Å²) in [5.41, 5.74) is -0.365. The minimum absolute atomic E-state index is 0.243. The molecule has 0 radical (unpaired) electrons. The van der Waals surface area contributed by atoms with E-state index in [1.165, 1.54) is 0 Å². The van der Waals surface area contributed by atoms with Crippen molar-refractivity contribution in [3.8, 4) is 5.75 Å². The van der Waals surface area contributed by atoms with E-state index in [9.17, 15) is 15.3 Å².